The minimum Gasteiger partial charge on any atom is -0.379 e. The summed E-state index contributed by atoms with van der Waals surface area (Å²) >= 11 is 0. The monoisotopic (exact) mass is 395 g/mol. The predicted octanol–water partition coefficient (Wildman–Crippen LogP) is 1.74. The van der Waals surface area contributed by atoms with Crippen molar-refractivity contribution >= 4 is 11.9 Å². The Morgan fingerprint density at radius 3 is 2.50 bits per heavy atom. The number of aliphatic imine (C=N–C) groups is 1. The van der Waals surface area contributed by atoms with E-state index in [2.05, 4.69) is 39.7 Å². The Balaban J connectivity index is 1.84. The fourth-order valence-corrected chi connectivity index (χ4v) is 4.08. The van der Waals surface area contributed by atoms with Crippen LogP contribution in [0.2, 0.25) is 0 Å². The van der Waals surface area contributed by atoms with E-state index in [4.69, 9.17) is 4.74 Å². The van der Waals surface area contributed by atoms with Gasteiger partial charge in [0.1, 0.15) is 6.54 Å². The molecule has 2 rings (SSSR count). The zero-order valence-corrected chi connectivity index (χ0v) is 18.1. The summed E-state index contributed by atoms with van der Waals surface area (Å²) in [6.45, 7) is 12.0. The maximum Gasteiger partial charge on any atom is 0.242 e. The summed E-state index contributed by atoms with van der Waals surface area (Å²) < 4.78 is 5.50. The number of hydrogen-bond donors (Lipinski definition) is 3. The molecule has 28 heavy (non-hydrogen) atoms. The Morgan fingerprint density at radius 1 is 1.14 bits per heavy atom. The quantitative estimate of drug-likeness (QED) is 0.409. The minimum absolute atomic E-state index is 0.0241. The summed E-state index contributed by atoms with van der Waals surface area (Å²) in [5.74, 6) is 1.38. The van der Waals surface area contributed by atoms with Crippen LogP contribution in [0, 0.1) is 5.92 Å². The van der Waals surface area contributed by atoms with Crippen molar-refractivity contribution in [3.8, 4) is 0 Å². The molecule has 0 aromatic carbocycles. The highest BCUT2D eigenvalue weighted by Gasteiger charge is 2.22. The van der Waals surface area contributed by atoms with Gasteiger partial charge in [0.15, 0.2) is 5.96 Å². The fourth-order valence-electron chi connectivity index (χ4n) is 4.08. The third-order valence-corrected chi connectivity index (χ3v) is 5.51. The van der Waals surface area contributed by atoms with Gasteiger partial charge in [0.2, 0.25) is 5.91 Å². The molecule has 162 valence electrons. The molecule has 0 bridgehead atoms. The van der Waals surface area contributed by atoms with Crippen LogP contribution < -0.4 is 16.0 Å². The largest absolute Gasteiger partial charge is 0.379 e. The van der Waals surface area contributed by atoms with Gasteiger partial charge in [-0.3, -0.25) is 9.69 Å². The van der Waals surface area contributed by atoms with Crippen molar-refractivity contribution in [2.24, 2.45) is 10.9 Å². The Morgan fingerprint density at radius 2 is 1.86 bits per heavy atom. The lowest BCUT2D eigenvalue weighted by Crippen LogP contribution is -2.51. The maximum atomic E-state index is 12.3. The number of guanidine groups is 1. The molecule has 1 atom stereocenters. The number of rotatable bonds is 9. The molecule has 1 aliphatic carbocycles. The highest BCUT2D eigenvalue weighted by Crippen LogP contribution is 2.17. The Bertz CT molecular complexity index is 471. The van der Waals surface area contributed by atoms with Crippen LogP contribution in [0.5, 0.6) is 0 Å². The number of ether oxygens (including phenoxy) is 1. The summed E-state index contributed by atoms with van der Waals surface area (Å²) in [6, 6.07) is 0.785. The van der Waals surface area contributed by atoms with Crippen molar-refractivity contribution in [3.05, 3.63) is 0 Å². The fraction of sp³-hybridized carbons (Fsp3) is 0.905. The smallest absolute Gasteiger partial charge is 0.242 e. The summed E-state index contributed by atoms with van der Waals surface area (Å²) in [4.78, 5) is 19.3. The second-order valence-corrected chi connectivity index (χ2v) is 8.41. The molecule has 0 aromatic rings. The molecule has 2 fully saturated rings. The third-order valence-electron chi connectivity index (χ3n) is 5.51. The van der Waals surface area contributed by atoms with Crippen LogP contribution in [0.15, 0.2) is 4.99 Å². The molecule has 0 spiro atoms. The molecule has 1 unspecified atom stereocenters. The lowest BCUT2D eigenvalue weighted by Gasteiger charge is -2.35. The highest BCUT2D eigenvalue weighted by molar-refractivity contribution is 5.85. The molecule has 1 saturated heterocycles. The van der Waals surface area contributed by atoms with E-state index in [1.165, 1.54) is 19.3 Å². The van der Waals surface area contributed by atoms with E-state index in [0.29, 0.717) is 18.0 Å². The molecule has 1 amide bonds. The first-order chi connectivity index (χ1) is 13.6. The van der Waals surface area contributed by atoms with Crippen LogP contribution >= 0.6 is 0 Å². The van der Waals surface area contributed by atoms with Crippen molar-refractivity contribution in [1.82, 2.24) is 20.9 Å². The number of carbonyl (C=O) groups is 1. The highest BCUT2D eigenvalue weighted by atomic mass is 16.5. The van der Waals surface area contributed by atoms with Gasteiger partial charge in [0.05, 0.1) is 13.2 Å². The van der Waals surface area contributed by atoms with Crippen molar-refractivity contribution in [2.75, 3.05) is 45.9 Å². The Labute approximate surface area is 171 Å². The van der Waals surface area contributed by atoms with Gasteiger partial charge in [-0.15, -0.1) is 0 Å². The molecular formula is C21H41N5O2. The standard InChI is InChI=1S/C21H41N5O2/c1-4-22-21(24-16-20(27)25-18-8-6-5-7-9-18)23-15-19(14-17(2)3)26-10-12-28-13-11-26/h17-19H,4-16H2,1-3H3,(H,25,27)(H2,22,23,24). The number of amides is 1. The molecule has 2 aliphatic rings. The second-order valence-electron chi connectivity index (χ2n) is 8.41. The Hall–Kier alpha value is -1.34. The lowest BCUT2D eigenvalue weighted by molar-refractivity contribution is -0.120. The van der Waals surface area contributed by atoms with Crippen molar-refractivity contribution in [2.45, 2.75) is 71.4 Å². The minimum atomic E-state index is 0.0241. The third kappa shape index (κ3) is 8.78. The SMILES string of the molecule is CCNC(=NCC(=O)NC1CCCCC1)NCC(CC(C)C)N1CCOCC1. The van der Waals surface area contributed by atoms with E-state index in [9.17, 15) is 4.79 Å². The van der Waals surface area contributed by atoms with E-state index in [1.807, 2.05) is 6.92 Å². The number of nitrogens with one attached hydrogen (secondary N) is 3. The predicted molar refractivity (Wildman–Crippen MR) is 115 cm³/mol. The summed E-state index contributed by atoms with van der Waals surface area (Å²) in [5.41, 5.74) is 0. The van der Waals surface area contributed by atoms with Crippen molar-refractivity contribution < 1.29 is 9.53 Å². The van der Waals surface area contributed by atoms with E-state index >= 15 is 0 Å². The van der Waals surface area contributed by atoms with Crippen LogP contribution in [0.25, 0.3) is 0 Å². The van der Waals surface area contributed by atoms with E-state index < -0.39 is 0 Å². The van der Waals surface area contributed by atoms with Crippen LogP contribution in [-0.4, -0.2) is 74.8 Å². The summed E-state index contributed by atoms with van der Waals surface area (Å²) in [7, 11) is 0. The molecule has 3 N–H and O–H groups in total. The molecule has 7 nitrogen and oxygen atoms in total. The summed E-state index contributed by atoms with van der Waals surface area (Å²) in [5, 5.41) is 9.86. The van der Waals surface area contributed by atoms with Crippen LogP contribution in [0.3, 0.4) is 0 Å². The molecular weight excluding hydrogens is 354 g/mol. The summed E-state index contributed by atoms with van der Waals surface area (Å²) in [6.07, 6.45) is 7.07. The number of hydrogen-bond acceptors (Lipinski definition) is 4. The van der Waals surface area contributed by atoms with E-state index in [-0.39, 0.29) is 12.5 Å². The average molecular weight is 396 g/mol. The number of morpholine rings is 1. The van der Waals surface area contributed by atoms with Crippen LogP contribution in [0.1, 0.15) is 59.3 Å². The van der Waals surface area contributed by atoms with Gasteiger partial charge in [-0.1, -0.05) is 33.1 Å². The first-order valence-electron chi connectivity index (χ1n) is 11.2. The van der Waals surface area contributed by atoms with Gasteiger partial charge in [0, 0.05) is 38.3 Å². The van der Waals surface area contributed by atoms with Gasteiger partial charge in [-0.2, -0.15) is 0 Å². The molecule has 1 aliphatic heterocycles. The average Bonchev–Trinajstić information content (AvgIpc) is 2.70. The first-order valence-corrected chi connectivity index (χ1v) is 11.2. The van der Waals surface area contributed by atoms with Gasteiger partial charge in [0.25, 0.3) is 0 Å². The van der Waals surface area contributed by atoms with Crippen molar-refractivity contribution in [3.63, 3.8) is 0 Å². The zero-order chi connectivity index (χ0) is 20.2. The van der Waals surface area contributed by atoms with E-state index in [1.54, 1.807) is 0 Å². The maximum absolute atomic E-state index is 12.3. The molecule has 0 aromatic heterocycles. The number of carbonyl (C=O) groups excluding carboxylic acids is 1. The molecule has 0 radical (unpaired) electrons. The normalized spacial score (nSPS) is 20.8. The topological polar surface area (TPSA) is 78.0 Å². The van der Waals surface area contributed by atoms with Gasteiger partial charge in [-0.05, 0) is 32.1 Å². The lowest BCUT2D eigenvalue weighted by atomic mass is 9.95. The van der Waals surface area contributed by atoms with Gasteiger partial charge < -0.3 is 20.7 Å². The molecule has 1 saturated carbocycles. The number of nitrogens with zero attached hydrogens (tertiary/aromatic N) is 2. The first kappa shape index (κ1) is 22.9. The zero-order valence-electron chi connectivity index (χ0n) is 18.1. The van der Waals surface area contributed by atoms with Crippen LogP contribution in [-0.2, 0) is 9.53 Å². The molecule has 1 heterocycles. The van der Waals surface area contributed by atoms with Crippen LogP contribution in [0.4, 0.5) is 0 Å². The van der Waals surface area contributed by atoms with Gasteiger partial charge >= 0.3 is 0 Å². The van der Waals surface area contributed by atoms with E-state index in [0.717, 1.165) is 64.6 Å². The molecule has 7 heteroatoms. The second kappa shape index (κ2) is 13.0. The van der Waals surface area contributed by atoms with Crippen molar-refractivity contribution in [1.29, 1.82) is 0 Å². The van der Waals surface area contributed by atoms with Gasteiger partial charge in [-0.25, -0.2) is 4.99 Å². The Kier molecular flexibility index (Phi) is 10.6.